The monoisotopic (exact) mass is 953 g/mol. The molecular formula is C48H69FN8O11. The summed E-state index contributed by atoms with van der Waals surface area (Å²) in [6, 6.07) is -0.967. The molecular weight excluding hydrogens is 884 g/mol. The first-order valence-corrected chi connectivity index (χ1v) is 22.7. The van der Waals surface area contributed by atoms with E-state index in [4.69, 9.17) is 0 Å². The van der Waals surface area contributed by atoms with Gasteiger partial charge >= 0.3 is 11.9 Å². The first-order valence-electron chi connectivity index (χ1n) is 22.7. The Labute approximate surface area is 396 Å². The van der Waals surface area contributed by atoms with Gasteiger partial charge in [0.15, 0.2) is 0 Å². The summed E-state index contributed by atoms with van der Waals surface area (Å²) >= 11 is 0. The van der Waals surface area contributed by atoms with Gasteiger partial charge in [0, 0.05) is 80.3 Å². The molecule has 0 unspecified atom stereocenters. The number of rotatable bonds is 25. The van der Waals surface area contributed by atoms with Crippen molar-refractivity contribution in [1.82, 2.24) is 41.0 Å². The van der Waals surface area contributed by atoms with Crippen molar-refractivity contribution in [3.05, 3.63) is 59.6 Å². The van der Waals surface area contributed by atoms with E-state index >= 15 is 0 Å². The lowest BCUT2D eigenvalue weighted by Crippen LogP contribution is -2.61. The molecule has 374 valence electrons. The molecule has 68 heavy (non-hydrogen) atoms. The van der Waals surface area contributed by atoms with Gasteiger partial charge in [-0.3, -0.25) is 38.5 Å². The average molecular weight is 953 g/mol. The standard InChI is InChI=1S/C48H69FN8O11/c1-27(2)35(56(11)44(64)41(47(4,5)6)54-43(63)40(50-9)48(7,8)31-26-55(10)34-17-15-29(49)25-30(31)34)24-28(3)42(62)53-33(46(67)68)16-18-37(59)52-32(45(65)66)14-12-13-22-51-36(58)21-23-57-38(60)19-20-39(57)61/h15,17,19-20,24-27,32-33,35,40-41,50H,12-14,16,18,21-23H2,1-11H3,(H,51,58)(H,52,59)(H,53,62)(H,54,63)(H,65,66)(H,67,68)/b28-24+/t32-,33+,35+,40+,41+/m0/s1. The van der Waals surface area contributed by atoms with E-state index in [1.165, 1.54) is 30.0 Å². The number of aliphatic carboxylic acids is 2. The van der Waals surface area contributed by atoms with Gasteiger partial charge in [-0.25, -0.2) is 14.0 Å². The number of carbonyl (C=O) groups excluding carboxylic acids is 7. The molecule has 0 fully saturated rings. The Bertz CT molecular complexity index is 2280. The minimum atomic E-state index is -1.53. The van der Waals surface area contributed by atoms with Gasteiger partial charge in [-0.15, -0.1) is 0 Å². The summed E-state index contributed by atoms with van der Waals surface area (Å²) in [6.45, 7) is 14.4. The molecule has 5 atom stereocenters. The maximum atomic E-state index is 14.4. The van der Waals surface area contributed by atoms with E-state index in [2.05, 4.69) is 26.6 Å². The number of nitrogens with zero attached hydrogens (tertiary/aromatic N) is 3. The Morgan fingerprint density at radius 2 is 1.44 bits per heavy atom. The number of imide groups is 1. The van der Waals surface area contributed by atoms with Crippen molar-refractivity contribution >= 4 is 64.2 Å². The van der Waals surface area contributed by atoms with Crippen LogP contribution in [0.1, 0.15) is 99.5 Å². The molecule has 0 bridgehead atoms. The maximum Gasteiger partial charge on any atom is 0.326 e. The van der Waals surface area contributed by atoms with Gasteiger partial charge in [0.05, 0.1) is 12.1 Å². The molecule has 0 spiro atoms. The van der Waals surface area contributed by atoms with Gasteiger partial charge in [0.2, 0.25) is 29.5 Å². The van der Waals surface area contributed by atoms with Crippen LogP contribution in [-0.2, 0) is 55.6 Å². The van der Waals surface area contributed by atoms with Crippen LogP contribution in [0, 0.1) is 17.2 Å². The first-order chi connectivity index (χ1) is 31.6. The van der Waals surface area contributed by atoms with E-state index in [0.29, 0.717) is 18.2 Å². The van der Waals surface area contributed by atoms with Crippen molar-refractivity contribution in [3.8, 4) is 0 Å². The minimum Gasteiger partial charge on any atom is -0.480 e. The molecule has 1 aromatic carbocycles. The fraction of sp³-hybridized carbons (Fsp3) is 0.562. The molecule has 0 aliphatic carbocycles. The number of carbonyl (C=O) groups is 9. The Morgan fingerprint density at radius 1 is 0.838 bits per heavy atom. The number of nitrogens with one attached hydrogen (secondary N) is 5. The van der Waals surface area contributed by atoms with E-state index in [1.807, 2.05) is 66.3 Å². The molecule has 0 saturated carbocycles. The quantitative estimate of drug-likeness (QED) is 0.0431. The van der Waals surface area contributed by atoms with Crippen LogP contribution in [0.5, 0.6) is 0 Å². The summed E-state index contributed by atoms with van der Waals surface area (Å²) in [5, 5.41) is 33.8. The van der Waals surface area contributed by atoms with Crippen LogP contribution in [0.2, 0.25) is 0 Å². The number of unbranched alkanes of at least 4 members (excludes halogenated alkanes) is 1. The Hall–Kier alpha value is -6.44. The van der Waals surface area contributed by atoms with Gasteiger partial charge in [-0.05, 0) is 74.8 Å². The second-order valence-corrected chi connectivity index (χ2v) is 19.2. The Balaban J connectivity index is 1.62. The number of aryl methyl sites for hydroxylation is 1. The van der Waals surface area contributed by atoms with Gasteiger partial charge < -0.3 is 46.3 Å². The summed E-state index contributed by atoms with van der Waals surface area (Å²) in [7, 11) is 5.03. The lowest BCUT2D eigenvalue weighted by molar-refractivity contribution is -0.143. The van der Waals surface area contributed by atoms with Crippen molar-refractivity contribution in [2.45, 2.75) is 130 Å². The zero-order valence-electron chi connectivity index (χ0n) is 41.0. The third-order valence-electron chi connectivity index (χ3n) is 12.2. The number of aromatic nitrogens is 1. The zero-order valence-corrected chi connectivity index (χ0v) is 41.0. The number of hydrogen-bond acceptors (Lipinski definition) is 10. The summed E-state index contributed by atoms with van der Waals surface area (Å²) < 4.78 is 16.3. The number of halogens is 1. The lowest BCUT2D eigenvalue weighted by atomic mass is 9.76. The molecule has 7 amide bonds. The SMILES string of the molecule is CN[C@H](C(=O)N[C@H](C(=O)N(C)[C@H](/C=C(\C)C(=O)N[C@H](CCC(=O)N[C@@H](CCCCNC(=O)CCN1C(=O)C=CC1=O)C(=O)O)C(=O)O)C(C)C)C(C)(C)C)C(C)(C)c1cn(C)c2ccc(F)cc12. The summed E-state index contributed by atoms with van der Waals surface area (Å²) in [5.41, 5.74) is -0.0858. The van der Waals surface area contributed by atoms with Gasteiger partial charge in [0.1, 0.15) is 23.9 Å². The van der Waals surface area contributed by atoms with Crippen LogP contribution in [0.15, 0.2) is 48.2 Å². The maximum absolute atomic E-state index is 14.4. The highest BCUT2D eigenvalue weighted by molar-refractivity contribution is 6.13. The molecule has 3 rings (SSSR count). The van der Waals surface area contributed by atoms with Crippen molar-refractivity contribution < 1.29 is 57.8 Å². The van der Waals surface area contributed by atoms with E-state index in [-0.39, 0.29) is 43.8 Å². The minimum absolute atomic E-state index is 0.00309. The fourth-order valence-corrected chi connectivity index (χ4v) is 8.14. The lowest BCUT2D eigenvalue weighted by Gasteiger charge is -2.39. The molecule has 20 heteroatoms. The second kappa shape index (κ2) is 24.0. The van der Waals surface area contributed by atoms with E-state index in [9.17, 15) is 57.8 Å². The summed E-state index contributed by atoms with van der Waals surface area (Å²) in [6.07, 6.45) is 5.38. The highest BCUT2D eigenvalue weighted by Crippen LogP contribution is 2.35. The zero-order chi connectivity index (χ0) is 51.4. The molecule has 7 N–H and O–H groups in total. The molecule has 1 aliphatic rings. The van der Waals surface area contributed by atoms with Crippen LogP contribution in [-0.4, -0.2) is 135 Å². The van der Waals surface area contributed by atoms with Crippen molar-refractivity contribution in [1.29, 1.82) is 0 Å². The van der Waals surface area contributed by atoms with Gasteiger partial charge in [-0.1, -0.05) is 54.5 Å². The van der Waals surface area contributed by atoms with Gasteiger partial charge in [0.25, 0.3) is 11.8 Å². The van der Waals surface area contributed by atoms with E-state index in [1.54, 1.807) is 20.2 Å². The van der Waals surface area contributed by atoms with E-state index in [0.717, 1.165) is 28.1 Å². The highest BCUT2D eigenvalue weighted by atomic mass is 19.1. The molecule has 1 aromatic heterocycles. The molecule has 0 radical (unpaired) electrons. The number of carboxylic acid groups (broad SMARTS) is 2. The molecule has 19 nitrogen and oxygen atoms in total. The van der Waals surface area contributed by atoms with Crippen LogP contribution in [0.3, 0.4) is 0 Å². The first kappa shape index (κ1) is 55.9. The normalized spacial score (nSPS) is 15.4. The number of carboxylic acids is 2. The fourth-order valence-electron chi connectivity index (χ4n) is 8.14. The topological polar surface area (TPSA) is 266 Å². The smallest absolute Gasteiger partial charge is 0.326 e. The predicted octanol–water partition coefficient (Wildman–Crippen LogP) is 2.66. The third-order valence-corrected chi connectivity index (χ3v) is 12.2. The number of fused-ring (bicyclic) bond motifs is 1. The third kappa shape index (κ3) is 14.8. The van der Waals surface area contributed by atoms with Crippen LogP contribution in [0.4, 0.5) is 4.39 Å². The molecule has 1 aliphatic heterocycles. The van der Waals surface area contributed by atoms with Crippen molar-refractivity contribution in [3.63, 3.8) is 0 Å². The number of hydrogen-bond donors (Lipinski definition) is 7. The molecule has 0 saturated heterocycles. The summed E-state index contributed by atoms with van der Waals surface area (Å²) in [5.74, 6) is -7.27. The van der Waals surface area contributed by atoms with E-state index < -0.39 is 107 Å². The number of likely N-dealkylation sites (N-methyl/N-ethyl adjacent to an activating group) is 2. The largest absolute Gasteiger partial charge is 0.480 e. The van der Waals surface area contributed by atoms with Crippen LogP contribution in [0.25, 0.3) is 10.9 Å². The number of benzene rings is 1. The Kier molecular flexibility index (Phi) is 19.7. The Morgan fingerprint density at radius 3 is 2.00 bits per heavy atom. The van der Waals surface area contributed by atoms with Gasteiger partial charge in [-0.2, -0.15) is 0 Å². The molecule has 2 aromatic rings. The average Bonchev–Trinajstić information content (AvgIpc) is 3.76. The van der Waals surface area contributed by atoms with Crippen LogP contribution >= 0.6 is 0 Å². The highest BCUT2D eigenvalue weighted by Gasteiger charge is 2.43. The van der Waals surface area contributed by atoms with Crippen LogP contribution < -0.4 is 26.6 Å². The number of amides is 7. The second-order valence-electron chi connectivity index (χ2n) is 19.2. The molecule has 2 heterocycles. The predicted molar refractivity (Wildman–Crippen MR) is 251 cm³/mol. The van der Waals surface area contributed by atoms with Crippen molar-refractivity contribution in [2.75, 3.05) is 27.2 Å². The van der Waals surface area contributed by atoms with Crippen molar-refractivity contribution in [2.24, 2.45) is 18.4 Å². The summed E-state index contributed by atoms with van der Waals surface area (Å²) in [4.78, 5) is 117.